The fourth-order valence-electron chi connectivity index (χ4n) is 3.91. The van der Waals surface area contributed by atoms with Crippen LogP contribution in [0.1, 0.15) is 26.9 Å². The second-order valence-corrected chi connectivity index (χ2v) is 9.99. The van der Waals surface area contributed by atoms with Crippen LogP contribution in [0.15, 0.2) is 53.7 Å². The summed E-state index contributed by atoms with van der Waals surface area (Å²) >= 11 is 6.91. The lowest BCUT2D eigenvalue weighted by Crippen LogP contribution is -2.37. The number of halogens is 4. The Balaban J connectivity index is 1.44. The number of aromatic nitrogens is 9. The molecule has 4 heterocycles. The van der Waals surface area contributed by atoms with Gasteiger partial charge < -0.3 is 5.11 Å². The largest absolute Gasteiger partial charge is 0.416 e. The summed E-state index contributed by atoms with van der Waals surface area (Å²) in [6, 6.07) is 9.32. The van der Waals surface area contributed by atoms with E-state index >= 15 is 0 Å². The van der Waals surface area contributed by atoms with Gasteiger partial charge in [-0.15, -0.1) is 15.3 Å². The molecule has 4 aromatic heterocycles. The molecule has 41 heavy (non-hydrogen) atoms. The van der Waals surface area contributed by atoms with Crippen LogP contribution in [0.2, 0.25) is 5.02 Å². The maximum atomic E-state index is 13.1. The van der Waals surface area contributed by atoms with Crippen molar-refractivity contribution in [3.63, 3.8) is 0 Å². The number of carbonyl (C=O) groups is 1. The number of aliphatic hydroxyl groups excluding tert-OH is 1. The first kappa shape index (κ1) is 28.3. The molecule has 1 atom stereocenters. The van der Waals surface area contributed by atoms with Gasteiger partial charge in [-0.05, 0) is 54.9 Å². The monoisotopic (exact) mass is 605 g/mol. The van der Waals surface area contributed by atoms with Crippen LogP contribution in [0, 0.1) is 6.92 Å². The predicted octanol–water partition coefficient (Wildman–Crippen LogP) is 2.90. The maximum Gasteiger partial charge on any atom is 0.416 e. The lowest BCUT2D eigenvalue weighted by atomic mass is 10.1. The van der Waals surface area contributed by atoms with Crippen molar-refractivity contribution >= 4 is 28.9 Å². The van der Waals surface area contributed by atoms with Crippen LogP contribution in [0.25, 0.3) is 17.1 Å². The third kappa shape index (κ3) is 6.08. The van der Waals surface area contributed by atoms with Crippen LogP contribution in [0.5, 0.6) is 0 Å². The van der Waals surface area contributed by atoms with Crippen LogP contribution >= 0.6 is 23.1 Å². The Hall–Kier alpha value is -4.28. The van der Waals surface area contributed by atoms with Crippen LogP contribution in [0.3, 0.4) is 0 Å². The van der Waals surface area contributed by atoms with E-state index in [1.807, 2.05) is 0 Å². The zero-order valence-electron chi connectivity index (χ0n) is 21.0. The second-order valence-electron chi connectivity index (χ2n) is 8.80. The molecule has 212 valence electrons. The second kappa shape index (κ2) is 11.3. The van der Waals surface area contributed by atoms with Gasteiger partial charge in [-0.1, -0.05) is 16.1 Å². The summed E-state index contributed by atoms with van der Waals surface area (Å²) < 4.78 is 46.2. The molecular formula is C24H19ClF3N9O3S. The zero-order chi connectivity index (χ0) is 29.3. The Bertz CT molecular complexity index is 1760. The number of pyridine rings is 1. The topological polar surface area (TPSA) is 146 Å². The highest BCUT2D eigenvalue weighted by molar-refractivity contribution is 7.08. The Morgan fingerprint density at radius 1 is 1.15 bits per heavy atom. The minimum Gasteiger partial charge on any atom is -0.382 e. The maximum absolute atomic E-state index is 13.1. The van der Waals surface area contributed by atoms with Gasteiger partial charge in [-0.25, -0.2) is 19.1 Å². The van der Waals surface area contributed by atoms with Crippen molar-refractivity contribution in [2.45, 2.75) is 38.7 Å². The highest BCUT2D eigenvalue weighted by atomic mass is 35.5. The van der Waals surface area contributed by atoms with Crippen molar-refractivity contribution in [2.75, 3.05) is 0 Å². The number of Topliss-reactive ketones (excluding diaryl/α,β-unsaturated/α-hetero) is 1. The minimum atomic E-state index is -4.95. The van der Waals surface area contributed by atoms with Gasteiger partial charge in [0.2, 0.25) is 0 Å². The van der Waals surface area contributed by atoms with E-state index in [0.29, 0.717) is 32.5 Å². The Kier molecular flexibility index (Phi) is 7.79. The highest BCUT2D eigenvalue weighted by Crippen LogP contribution is 2.24. The Morgan fingerprint density at radius 2 is 1.90 bits per heavy atom. The number of benzene rings is 1. The van der Waals surface area contributed by atoms with Gasteiger partial charge in [0.05, 0.1) is 30.0 Å². The molecule has 5 aromatic rings. The number of hydrogen-bond acceptors (Lipinski definition) is 10. The molecule has 0 spiro atoms. The van der Waals surface area contributed by atoms with Crippen molar-refractivity contribution in [3.8, 4) is 17.1 Å². The minimum absolute atomic E-state index is 0.0497. The summed E-state index contributed by atoms with van der Waals surface area (Å²) in [4.78, 5) is 34.8. The zero-order valence-corrected chi connectivity index (χ0v) is 22.6. The molecule has 0 bridgehead atoms. The average Bonchev–Trinajstić information content (AvgIpc) is 3.65. The van der Waals surface area contributed by atoms with E-state index < -0.39 is 24.5 Å². The molecule has 0 aliphatic carbocycles. The Labute approximate surface area is 237 Å². The summed E-state index contributed by atoms with van der Waals surface area (Å²) in [6.07, 6.45) is -4.91. The summed E-state index contributed by atoms with van der Waals surface area (Å²) in [6.45, 7) is 0.330. The first-order chi connectivity index (χ1) is 19.5. The van der Waals surface area contributed by atoms with E-state index in [1.54, 1.807) is 19.1 Å². The van der Waals surface area contributed by atoms with E-state index in [9.17, 15) is 27.9 Å². The number of ketones is 1. The first-order valence-corrected chi connectivity index (χ1v) is 13.0. The van der Waals surface area contributed by atoms with Gasteiger partial charge in [0.15, 0.2) is 23.5 Å². The normalized spacial score (nSPS) is 12.5. The molecule has 17 heteroatoms. The van der Waals surface area contributed by atoms with E-state index in [0.717, 1.165) is 20.8 Å². The molecule has 0 amide bonds. The summed E-state index contributed by atoms with van der Waals surface area (Å²) in [5, 5.41) is 22.5. The van der Waals surface area contributed by atoms with Gasteiger partial charge >= 0.3 is 11.9 Å². The molecule has 0 aliphatic heterocycles. The fraction of sp³-hybridized carbons (Fsp3) is 0.250. The number of rotatable bonds is 9. The van der Waals surface area contributed by atoms with E-state index in [-0.39, 0.29) is 30.4 Å². The predicted molar refractivity (Wildman–Crippen MR) is 140 cm³/mol. The number of aliphatic hydroxyl groups is 1. The summed E-state index contributed by atoms with van der Waals surface area (Å²) in [5.41, 5.74) is 0.799. The van der Waals surface area contributed by atoms with Gasteiger partial charge in [0.25, 0.3) is 0 Å². The third-order valence-corrected chi connectivity index (χ3v) is 7.06. The molecular weight excluding hydrogens is 587 g/mol. The summed E-state index contributed by atoms with van der Waals surface area (Å²) in [5.74, 6) is -0.208. The smallest absolute Gasteiger partial charge is 0.382 e. The van der Waals surface area contributed by atoms with Crippen LogP contribution in [-0.4, -0.2) is 66.9 Å². The van der Waals surface area contributed by atoms with Crippen molar-refractivity contribution < 1.29 is 23.1 Å². The molecule has 12 nitrogen and oxygen atoms in total. The molecule has 1 N–H and O–H groups in total. The van der Waals surface area contributed by atoms with Crippen LogP contribution in [0.4, 0.5) is 13.2 Å². The van der Waals surface area contributed by atoms with E-state index in [2.05, 4.69) is 29.8 Å². The van der Waals surface area contributed by atoms with Crippen molar-refractivity contribution in [2.24, 2.45) is 0 Å². The number of carbonyl (C=O) groups excluding carboxylic acids is 1. The average molecular weight is 606 g/mol. The molecule has 1 aromatic carbocycles. The van der Waals surface area contributed by atoms with Gasteiger partial charge in [-0.3, -0.25) is 14.3 Å². The first-order valence-electron chi connectivity index (χ1n) is 11.9. The van der Waals surface area contributed by atoms with Gasteiger partial charge in [0, 0.05) is 16.8 Å². The van der Waals surface area contributed by atoms with E-state index in [4.69, 9.17) is 11.6 Å². The van der Waals surface area contributed by atoms with Crippen LogP contribution in [-0.2, 0) is 19.5 Å². The quantitative estimate of drug-likeness (QED) is 0.251. The Morgan fingerprint density at radius 3 is 2.59 bits per heavy atom. The fourth-order valence-corrected chi connectivity index (χ4v) is 4.63. The molecule has 0 unspecified atom stereocenters. The van der Waals surface area contributed by atoms with E-state index in [1.165, 1.54) is 41.5 Å². The molecule has 0 fully saturated rings. The SMILES string of the molecule is Cc1nnsc1C(=O)Cc1ncccc1-n1cnc(Cn2nc(-c3ccc(Cl)cc3)n(C[C@H](O)C(F)(F)F)c2=O)n1. The highest BCUT2D eigenvalue weighted by Gasteiger charge is 2.39. The molecule has 0 saturated heterocycles. The van der Waals surface area contributed by atoms with Crippen LogP contribution < -0.4 is 5.69 Å². The number of aryl methyl sites for hydroxylation is 1. The molecule has 5 rings (SSSR count). The van der Waals surface area contributed by atoms with Crippen molar-refractivity contribution in [3.05, 3.63) is 86.5 Å². The van der Waals surface area contributed by atoms with Crippen molar-refractivity contribution in [1.82, 2.24) is 43.7 Å². The van der Waals surface area contributed by atoms with Crippen molar-refractivity contribution in [1.29, 1.82) is 0 Å². The molecule has 0 aliphatic rings. The number of nitrogens with zero attached hydrogens (tertiary/aromatic N) is 9. The molecule has 0 saturated carbocycles. The molecule has 0 radical (unpaired) electrons. The summed E-state index contributed by atoms with van der Waals surface area (Å²) in [7, 11) is 0. The number of hydrogen-bond donors (Lipinski definition) is 1. The lowest BCUT2D eigenvalue weighted by molar-refractivity contribution is -0.207. The third-order valence-electron chi connectivity index (χ3n) is 5.93. The van der Waals surface area contributed by atoms with Gasteiger partial charge in [0.1, 0.15) is 17.7 Å². The van der Waals surface area contributed by atoms with Gasteiger partial charge in [-0.2, -0.15) is 13.2 Å². The lowest BCUT2D eigenvalue weighted by Gasteiger charge is -2.15. The standard InChI is InChI=1S/C24H19ClF3N9O3S/c1-13-21(41-34-31-13)18(38)9-16-17(3-2-8-29-16)37-12-30-20(32-37)11-36-23(40)35(10-19(39)24(26,27)28)22(33-36)14-4-6-15(25)7-5-14/h2-8,12,19,39H,9-11H2,1H3/t19-/m0/s1. The number of alkyl halides is 3.